The predicted molar refractivity (Wildman–Crippen MR) is 231 cm³/mol. The molecular formula is C42H60F6N12O7. The van der Waals surface area contributed by atoms with Crippen molar-refractivity contribution in [2.24, 2.45) is 23.5 Å². The Kier molecular flexibility index (Phi) is 24.3. The molecule has 0 spiro atoms. The van der Waals surface area contributed by atoms with Crippen molar-refractivity contribution in [1.82, 2.24) is 29.3 Å². The zero-order chi connectivity index (χ0) is 49.5. The molecule has 0 saturated heterocycles. The Morgan fingerprint density at radius 1 is 0.716 bits per heavy atom. The maximum atomic E-state index is 12.8. The molecule has 372 valence electrons. The summed E-state index contributed by atoms with van der Waals surface area (Å²) in [5, 5.41) is 57.8. The molecule has 67 heavy (non-hydrogen) atoms. The largest absolute Gasteiger partial charge is 0.396 e. The number of aliphatic hydroxyl groups is 1. The van der Waals surface area contributed by atoms with Gasteiger partial charge in [0.2, 0.25) is 11.4 Å². The average Bonchev–Trinajstić information content (AvgIpc) is 4.09. The molecule has 3 fully saturated rings. The Morgan fingerprint density at radius 3 is 1.40 bits per heavy atom. The van der Waals surface area contributed by atoms with Gasteiger partial charge in [-0.15, -0.1) is 0 Å². The topological polar surface area (TPSA) is 278 Å². The number of halogens is 6. The third kappa shape index (κ3) is 17.8. The fourth-order valence-electron chi connectivity index (χ4n) is 8.08. The SMILES string of the molecule is C=CC#N.N#CCCOCC1CCC(n2cc([N+](=O)[O-])c(C(F)F)n2)CC1.NCCCOCC1CCC(n2cc(N)c(C(F)F)n2)CC1.O=[N+]([O-])c1cn(C2CCC(CO)CC2)nc1C(F)F. The molecule has 19 nitrogen and oxygen atoms in total. The van der Waals surface area contributed by atoms with E-state index in [1.807, 2.05) is 6.07 Å². The number of aliphatic hydroxyl groups excluding tert-OH is 1. The van der Waals surface area contributed by atoms with Crippen molar-refractivity contribution in [3.8, 4) is 12.1 Å². The van der Waals surface area contributed by atoms with Crippen LogP contribution in [0.25, 0.3) is 0 Å². The number of hydrogen-bond acceptors (Lipinski definition) is 14. The minimum absolute atomic E-state index is 0.0808. The smallest absolute Gasteiger partial charge is 0.316 e. The number of hydrogen-bond donors (Lipinski definition) is 3. The number of ether oxygens (including phenoxy) is 2. The van der Waals surface area contributed by atoms with Gasteiger partial charge in [-0.05, 0) is 108 Å². The van der Waals surface area contributed by atoms with Gasteiger partial charge >= 0.3 is 11.4 Å². The zero-order valence-electron chi connectivity index (χ0n) is 37.1. The van der Waals surface area contributed by atoms with Crippen LogP contribution in [-0.4, -0.2) is 83.9 Å². The van der Waals surface area contributed by atoms with E-state index in [1.165, 1.54) is 21.6 Å². The van der Waals surface area contributed by atoms with Crippen LogP contribution in [0.2, 0.25) is 0 Å². The second kappa shape index (κ2) is 29.2. The number of aromatic nitrogens is 6. The van der Waals surface area contributed by atoms with Crippen LogP contribution in [0.3, 0.4) is 0 Å². The zero-order valence-corrected chi connectivity index (χ0v) is 37.1. The van der Waals surface area contributed by atoms with Crippen molar-refractivity contribution in [2.45, 2.75) is 127 Å². The Balaban J connectivity index is 0.000000257. The Morgan fingerprint density at radius 2 is 1.09 bits per heavy atom. The van der Waals surface area contributed by atoms with Gasteiger partial charge in [-0.2, -0.15) is 25.8 Å². The Labute approximate surface area is 384 Å². The van der Waals surface area contributed by atoms with Crippen molar-refractivity contribution >= 4 is 17.1 Å². The lowest BCUT2D eigenvalue weighted by Gasteiger charge is -2.28. The maximum Gasteiger partial charge on any atom is 0.316 e. The van der Waals surface area contributed by atoms with E-state index in [-0.39, 0.29) is 42.0 Å². The van der Waals surface area contributed by atoms with Crippen LogP contribution in [0.15, 0.2) is 31.2 Å². The van der Waals surface area contributed by atoms with Gasteiger partial charge in [0, 0.05) is 38.7 Å². The third-order valence-electron chi connectivity index (χ3n) is 11.8. The lowest BCUT2D eigenvalue weighted by Crippen LogP contribution is -2.22. The second-order valence-corrected chi connectivity index (χ2v) is 16.4. The quantitative estimate of drug-likeness (QED) is 0.0353. The van der Waals surface area contributed by atoms with E-state index >= 15 is 0 Å². The van der Waals surface area contributed by atoms with E-state index in [2.05, 4.69) is 21.9 Å². The summed E-state index contributed by atoms with van der Waals surface area (Å²) < 4.78 is 91.6. The molecule has 0 bridgehead atoms. The van der Waals surface area contributed by atoms with E-state index in [4.69, 9.17) is 36.6 Å². The molecule has 3 aromatic heterocycles. The summed E-state index contributed by atoms with van der Waals surface area (Å²) in [5.41, 5.74) is 7.98. The molecule has 3 heterocycles. The van der Waals surface area contributed by atoms with E-state index in [1.54, 1.807) is 10.8 Å². The summed E-state index contributed by atoms with van der Waals surface area (Å²) in [6.07, 6.45) is 7.59. The molecule has 5 N–H and O–H groups in total. The Hall–Kier alpha value is -5.63. The molecule has 0 atom stereocenters. The highest BCUT2D eigenvalue weighted by molar-refractivity contribution is 5.41. The van der Waals surface area contributed by atoms with E-state index in [0.717, 1.165) is 76.8 Å². The monoisotopic (exact) mass is 958 g/mol. The molecule has 3 saturated carbocycles. The van der Waals surface area contributed by atoms with Crippen LogP contribution in [0, 0.1) is 60.6 Å². The molecule has 0 unspecified atom stereocenters. The predicted octanol–water partition coefficient (Wildman–Crippen LogP) is 9.04. The summed E-state index contributed by atoms with van der Waals surface area (Å²) in [7, 11) is 0. The van der Waals surface area contributed by atoms with Crippen molar-refractivity contribution in [3.05, 3.63) is 68.6 Å². The second-order valence-electron chi connectivity index (χ2n) is 16.4. The van der Waals surface area contributed by atoms with Gasteiger partial charge in [0.05, 0.1) is 58.8 Å². The lowest BCUT2D eigenvalue weighted by atomic mass is 9.86. The van der Waals surface area contributed by atoms with Gasteiger partial charge in [-0.1, -0.05) is 6.58 Å². The van der Waals surface area contributed by atoms with Crippen molar-refractivity contribution in [3.63, 3.8) is 0 Å². The maximum absolute atomic E-state index is 12.8. The minimum Gasteiger partial charge on any atom is -0.396 e. The summed E-state index contributed by atoms with van der Waals surface area (Å²) in [4.78, 5) is 19.9. The van der Waals surface area contributed by atoms with Gasteiger partial charge in [-0.3, -0.25) is 34.3 Å². The summed E-state index contributed by atoms with van der Waals surface area (Å²) in [5.74, 6) is 1.14. The van der Waals surface area contributed by atoms with Gasteiger partial charge in [0.1, 0.15) is 12.4 Å². The highest BCUT2D eigenvalue weighted by atomic mass is 19.3. The van der Waals surface area contributed by atoms with Crippen LogP contribution < -0.4 is 11.5 Å². The first kappa shape index (κ1) is 55.7. The minimum atomic E-state index is -2.96. The molecule has 3 aliphatic rings. The number of rotatable bonds is 18. The molecule has 0 aliphatic heterocycles. The standard InChI is InChI=1S/C14H18F2N4O3.C14H24F2N4O.C11H15F2N3O3.C3H3N/c15-14(16)13-12(20(21)22)8-19(18-13)11-4-2-10(3-5-11)9-23-7-1-6-17;15-14(16)13-12(18)8-20(19-13)11-4-2-10(3-5-11)9-21-7-1-6-17;12-11(13)10-9(16(18)19)5-15(14-10)8-3-1-7(6-17)2-4-8;1-2-3-4/h8,10-11,14H,1-5,7,9H2;8,10-11,14H,1-7,9,17-18H2;5,7-8,11,17H,1-4,6H2;2H,1H2. The highest BCUT2D eigenvalue weighted by Crippen LogP contribution is 2.38. The molecular weight excluding hydrogens is 899 g/mol. The van der Waals surface area contributed by atoms with Gasteiger partial charge < -0.3 is 26.0 Å². The van der Waals surface area contributed by atoms with Crippen molar-refractivity contribution < 1.29 is 50.8 Å². The van der Waals surface area contributed by atoms with E-state index in [0.29, 0.717) is 70.3 Å². The number of alkyl halides is 6. The first-order chi connectivity index (χ1) is 32.1. The molecule has 0 radical (unpaired) electrons. The highest BCUT2D eigenvalue weighted by Gasteiger charge is 2.32. The molecule has 3 aromatic rings. The first-order valence-corrected chi connectivity index (χ1v) is 22.1. The number of nitrogen functional groups attached to an aromatic ring is 1. The number of nitrogens with two attached hydrogens (primary N) is 2. The lowest BCUT2D eigenvalue weighted by molar-refractivity contribution is -0.386. The number of nitro groups is 2. The number of nitrogens with zero attached hydrogens (tertiary/aromatic N) is 10. The summed E-state index contributed by atoms with van der Waals surface area (Å²) in [6, 6.07) is 3.66. The average molecular weight is 959 g/mol. The fraction of sp³-hybridized carbons (Fsp3) is 0.690. The normalized spacial score (nSPS) is 21.4. The van der Waals surface area contributed by atoms with E-state index < -0.39 is 51.9 Å². The summed E-state index contributed by atoms with van der Waals surface area (Å²) >= 11 is 0. The van der Waals surface area contributed by atoms with Crippen molar-refractivity contribution in [1.29, 1.82) is 10.5 Å². The van der Waals surface area contributed by atoms with Crippen LogP contribution in [0.5, 0.6) is 0 Å². The third-order valence-corrected chi connectivity index (χ3v) is 11.8. The molecule has 3 aliphatic carbocycles. The van der Waals surface area contributed by atoms with Crippen LogP contribution in [-0.2, 0) is 9.47 Å². The number of anilines is 1. The van der Waals surface area contributed by atoms with Crippen LogP contribution in [0.4, 0.5) is 43.4 Å². The van der Waals surface area contributed by atoms with Gasteiger partial charge in [-0.25, -0.2) is 26.3 Å². The number of allylic oxidation sites excluding steroid dienone is 1. The van der Waals surface area contributed by atoms with Crippen LogP contribution >= 0.6 is 0 Å². The van der Waals surface area contributed by atoms with E-state index in [9.17, 15) is 46.6 Å². The van der Waals surface area contributed by atoms with Gasteiger partial charge in [0.25, 0.3) is 19.3 Å². The molecule has 6 rings (SSSR count). The van der Waals surface area contributed by atoms with Crippen molar-refractivity contribution in [2.75, 3.05) is 45.3 Å². The molecule has 25 heteroatoms. The Bertz CT molecular complexity index is 2030. The van der Waals surface area contributed by atoms with Crippen LogP contribution in [0.1, 0.15) is 144 Å². The molecule has 0 amide bonds. The first-order valence-electron chi connectivity index (χ1n) is 22.1. The fourth-order valence-corrected chi connectivity index (χ4v) is 8.08. The number of nitriles is 2. The molecule has 0 aromatic carbocycles. The van der Waals surface area contributed by atoms with Gasteiger partial charge in [0.15, 0.2) is 5.69 Å². The summed E-state index contributed by atoms with van der Waals surface area (Å²) in [6.45, 7) is 6.36.